The van der Waals surface area contributed by atoms with Crippen molar-refractivity contribution in [3.63, 3.8) is 0 Å². The predicted octanol–water partition coefficient (Wildman–Crippen LogP) is 0.689. The molecule has 2 aromatic heterocycles. The van der Waals surface area contributed by atoms with Gasteiger partial charge in [-0.15, -0.1) is 11.8 Å². The van der Waals surface area contributed by atoms with Crippen molar-refractivity contribution >= 4 is 28.7 Å². The van der Waals surface area contributed by atoms with E-state index in [0.717, 1.165) is 24.4 Å². The number of nitrogens with one attached hydrogen (secondary N) is 2. The van der Waals surface area contributed by atoms with E-state index in [-0.39, 0.29) is 11.5 Å². The lowest BCUT2D eigenvalue weighted by atomic mass is 10.2. The molecule has 0 saturated carbocycles. The van der Waals surface area contributed by atoms with E-state index in [1.54, 1.807) is 0 Å². The van der Waals surface area contributed by atoms with E-state index < -0.39 is 0 Å². The van der Waals surface area contributed by atoms with Crippen molar-refractivity contribution in [1.29, 1.82) is 0 Å². The smallest absolute Gasteiger partial charge is 0.262 e. The molecule has 6 nitrogen and oxygen atoms in total. The minimum atomic E-state index is -0.189. The molecular formula is C15H18N5OS+. The molecule has 3 aromatic rings. The summed E-state index contributed by atoms with van der Waals surface area (Å²) in [6.45, 7) is 1.72. The average Bonchev–Trinajstić information content (AvgIpc) is 2.91. The highest BCUT2D eigenvalue weighted by molar-refractivity contribution is 7.99. The van der Waals surface area contributed by atoms with Crippen LogP contribution in [0.1, 0.15) is 5.56 Å². The molecule has 7 heteroatoms. The molecule has 0 saturated heterocycles. The van der Waals surface area contributed by atoms with Crippen molar-refractivity contribution in [2.75, 3.05) is 18.0 Å². The van der Waals surface area contributed by atoms with Crippen LogP contribution >= 0.6 is 11.8 Å². The second-order valence-electron chi connectivity index (χ2n) is 4.93. The molecule has 1 aromatic carbocycles. The van der Waals surface area contributed by atoms with E-state index >= 15 is 0 Å². The number of fused-ring (bicyclic) bond motifs is 1. The molecule has 0 amide bonds. The molecule has 0 aliphatic rings. The number of H-pyrrole nitrogens is 2. The van der Waals surface area contributed by atoms with Gasteiger partial charge in [0.15, 0.2) is 0 Å². The Labute approximate surface area is 131 Å². The minimum Gasteiger partial charge on any atom is -0.369 e. The van der Waals surface area contributed by atoms with Gasteiger partial charge in [-0.3, -0.25) is 9.78 Å². The summed E-state index contributed by atoms with van der Waals surface area (Å²) < 4.78 is 0. The van der Waals surface area contributed by atoms with Crippen LogP contribution in [0.15, 0.2) is 46.2 Å². The third-order valence-electron chi connectivity index (χ3n) is 3.34. The van der Waals surface area contributed by atoms with Gasteiger partial charge in [0.2, 0.25) is 5.95 Å². The fourth-order valence-electron chi connectivity index (χ4n) is 2.32. The third kappa shape index (κ3) is 3.32. The maximum Gasteiger partial charge on any atom is 0.262 e. The summed E-state index contributed by atoms with van der Waals surface area (Å²) in [4.78, 5) is 22.8. The lowest BCUT2D eigenvalue weighted by molar-refractivity contribution is -0.666. The molecule has 3 rings (SSSR count). The average molecular weight is 316 g/mol. The normalized spacial score (nSPS) is 11.1. The Morgan fingerprint density at radius 1 is 1.27 bits per heavy atom. The number of thioether (sulfide) groups is 1. The van der Waals surface area contributed by atoms with Crippen LogP contribution in [0.3, 0.4) is 0 Å². The molecule has 6 N–H and O–H groups in total. The SMILES string of the molecule is Nc1nc2[nH]cc(C[NH2+]CCSc3ccccc3)c2c(=O)[nH]1. The number of hydrogen-bond donors (Lipinski definition) is 4. The van der Waals surface area contributed by atoms with Gasteiger partial charge in [-0.2, -0.15) is 4.98 Å². The zero-order valence-corrected chi connectivity index (χ0v) is 12.8. The number of benzene rings is 1. The number of aromatic nitrogens is 3. The Balaban J connectivity index is 1.55. The monoisotopic (exact) mass is 316 g/mol. The molecule has 0 unspecified atom stereocenters. The number of rotatable bonds is 6. The quantitative estimate of drug-likeness (QED) is 0.397. The first-order chi connectivity index (χ1) is 10.7. The minimum absolute atomic E-state index is 0.133. The van der Waals surface area contributed by atoms with Crippen molar-refractivity contribution in [1.82, 2.24) is 15.0 Å². The van der Waals surface area contributed by atoms with Gasteiger partial charge in [0, 0.05) is 22.4 Å². The summed E-state index contributed by atoms with van der Waals surface area (Å²) in [6.07, 6.45) is 1.83. The zero-order chi connectivity index (χ0) is 15.4. The number of quaternary nitrogens is 1. The first-order valence-corrected chi connectivity index (χ1v) is 8.08. The van der Waals surface area contributed by atoms with Crippen molar-refractivity contribution in [3.05, 3.63) is 52.4 Å². The molecule has 0 spiro atoms. The lowest BCUT2D eigenvalue weighted by Crippen LogP contribution is -2.83. The van der Waals surface area contributed by atoms with E-state index in [1.807, 2.05) is 36.2 Å². The zero-order valence-electron chi connectivity index (χ0n) is 12.0. The Kier molecular flexibility index (Phi) is 4.45. The molecule has 0 radical (unpaired) electrons. The van der Waals surface area contributed by atoms with E-state index in [0.29, 0.717) is 11.0 Å². The second-order valence-corrected chi connectivity index (χ2v) is 6.10. The van der Waals surface area contributed by atoms with Crippen LogP contribution in [-0.4, -0.2) is 27.2 Å². The number of hydrogen-bond acceptors (Lipinski definition) is 4. The van der Waals surface area contributed by atoms with Crippen molar-refractivity contribution in [2.24, 2.45) is 0 Å². The fourth-order valence-corrected chi connectivity index (χ4v) is 3.19. The van der Waals surface area contributed by atoms with Gasteiger partial charge in [0.25, 0.3) is 5.56 Å². The Bertz CT molecular complexity index is 812. The van der Waals surface area contributed by atoms with E-state index in [4.69, 9.17) is 5.73 Å². The largest absolute Gasteiger partial charge is 0.369 e. The number of anilines is 1. The van der Waals surface area contributed by atoms with Crippen molar-refractivity contribution < 1.29 is 5.32 Å². The summed E-state index contributed by atoms with van der Waals surface area (Å²) in [5.74, 6) is 1.16. The molecule has 0 atom stereocenters. The number of nitrogens with two attached hydrogens (primary N) is 2. The van der Waals surface area contributed by atoms with Crippen molar-refractivity contribution in [3.8, 4) is 0 Å². The van der Waals surface area contributed by atoms with Crippen molar-refractivity contribution in [2.45, 2.75) is 11.4 Å². The van der Waals surface area contributed by atoms with E-state index in [9.17, 15) is 4.79 Å². The summed E-state index contributed by atoms with van der Waals surface area (Å²) >= 11 is 1.83. The molecule has 0 aliphatic carbocycles. The highest BCUT2D eigenvalue weighted by atomic mass is 32.2. The first kappa shape index (κ1) is 14.7. The second kappa shape index (κ2) is 6.67. The molecule has 22 heavy (non-hydrogen) atoms. The van der Waals surface area contributed by atoms with Gasteiger partial charge in [-0.25, -0.2) is 0 Å². The summed E-state index contributed by atoms with van der Waals surface area (Å²) in [5.41, 5.74) is 6.84. The van der Waals surface area contributed by atoms with E-state index in [2.05, 4.69) is 32.4 Å². The van der Waals surface area contributed by atoms with Gasteiger partial charge in [0.1, 0.15) is 12.2 Å². The maximum absolute atomic E-state index is 11.9. The standard InChI is InChI=1S/C15H17N5OS/c16-15-19-13-12(14(21)20-15)10(9-18-13)8-17-6-7-22-11-4-2-1-3-5-11/h1-5,9,17H,6-8H2,(H4,16,18,19,20,21)/p+1. The topological polar surface area (TPSA) is 104 Å². The summed E-state index contributed by atoms with van der Waals surface area (Å²) in [7, 11) is 0. The maximum atomic E-state index is 11.9. The molecule has 0 fully saturated rings. The number of nitrogen functional groups attached to an aromatic ring is 1. The number of nitrogens with zero attached hydrogens (tertiary/aromatic N) is 1. The molecule has 0 aliphatic heterocycles. The fraction of sp³-hybridized carbons (Fsp3) is 0.200. The van der Waals surface area contributed by atoms with E-state index in [1.165, 1.54) is 4.90 Å². The summed E-state index contributed by atoms with van der Waals surface area (Å²) in [5, 5.41) is 2.79. The number of aromatic amines is 2. The van der Waals surface area contributed by atoms with Crippen LogP contribution in [0.4, 0.5) is 5.95 Å². The predicted molar refractivity (Wildman–Crippen MR) is 88.8 cm³/mol. The molecule has 114 valence electrons. The third-order valence-corrected chi connectivity index (χ3v) is 4.39. The Hall–Kier alpha value is -2.25. The lowest BCUT2D eigenvalue weighted by Gasteiger charge is -2.02. The van der Waals surface area contributed by atoms with Gasteiger partial charge in [0.05, 0.1) is 11.9 Å². The highest BCUT2D eigenvalue weighted by Gasteiger charge is 2.11. The van der Waals surface area contributed by atoms with Crippen LogP contribution in [0.2, 0.25) is 0 Å². The Morgan fingerprint density at radius 2 is 2.09 bits per heavy atom. The van der Waals surface area contributed by atoms with Crippen LogP contribution in [0.25, 0.3) is 11.0 Å². The van der Waals surface area contributed by atoms with Crippen LogP contribution < -0.4 is 16.6 Å². The Morgan fingerprint density at radius 3 is 2.91 bits per heavy atom. The highest BCUT2D eigenvalue weighted by Crippen LogP contribution is 2.15. The first-order valence-electron chi connectivity index (χ1n) is 7.09. The van der Waals surface area contributed by atoms with Gasteiger partial charge in [-0.05, 0) is 12.1 Å². The molecular weight excluding hydrogens is 298 g/mol. The molecule has 0 bridgehead atoms. The van der Waals surface area contributed by atoms with Crippen LogP contribution in [-0.2, 0) is 6.54 Å². The van der Waals surface area contributed by atoms with Gasteiger partial charge in [-0.1, -0.05) is 18.2 Å². The summed E-state index contributed by atoms with van der Waals surface area (Å²) in [6, 6.07) is 10.3. The molecule has 2 heterocycles. The van der Waals surface area contributed by atoms with Gasteiger partial charge < -0.3 is 16.0 Å². The van der Waals surface area contributed by atoms with Gasteiger partial charge >= 0.3 is 0 Å². The van der Waals surface area contributed by atoms with Crippen LogP contribution in [0, 0.1) is 0 Å². The van der Waals surface area contributed by atoms with Crippen LogP contribution in [0.5, 0.6) is 0 Å².